The zero-order chi connectivity index (χ0) is 16.9. The molecule has 1 aromatic carbocycles. The largest absolute Gasteiger partial charge is 0.504 e. The first kappa shape index (κ1) is 15.9. The van der Waals surface area contributed by atoms with Gasteiger partial charge in [0.25, 0.3) is 0 Å². The van der Waals surface area contributed by atoms with E-state index in [1.165, 1.54) is 11.1 Å². The van der Waals surface area contributed by atoms with Gasteiger partial charge in [-0.15, -0.1) is 0 Å². The number of benzene rings is 1. The number of ether oxygens (including phenoxy) is 2. The van der Waals surface area contributed by atoms with E-state index in [0.717, 1.165) is 44.3 Å². The van der Waals surface area contributed by atoms with Crippen LogP contribution < -0.4 is 4.74 Å². The summed E-state index contributed by atoms with van der Waals surface area (Å²) in [5.41, 5.74) is 3.37. The number of aliphatic hydroxyl groups is 1. The van der Waals surface area contributed by atoms with Gasteiger partial charge in [0.2, 0.25) is 0 Å². The SMILES string of the molecule is COc1cc2c(cc1O)[C@]13C[C@@H](OC)[C@H](O)C=C1CCN3CCC2. The minimum atomic E-state index is -0.561. The molecular weight excluding hydrogens is 306 g/mol. The normalized spacial score (nSPS) is 32.4. The van der Waals surface area contributed by atoms with Crippen molar-refractivity contribution in [2.24, 2.45) is 0 Å². The second kappa shape index (κ2) is 5.76. The first-order valence-electron chi connectivity index (χ1n) is 8.67. The number of aromatic hydroxyl groups is 1. The summed E-state index contributed by atoms with van der Waals surface area (Å²) in [6.07, 6.45) is 4.91. The molecule has 1 aromatic rings. The van der Waals surface area contributed by atoms with E-state index in [9.17, 15) is 10.2 Å². The molecule has 0 saturated carbocycles. The van der Waals surface area contributed by atoms with Crippen LogP contribution in [0.25, 0.3) is 0 Å². The fraction of sp³-hybridized carbons (Fsp3) is 0.579. The Labute approximate surface area is 142 Å². The molecular formula is C19H25NO4. The average Bonchev–Trinajstić information content (AvgIpc) is 2.86. The third kappa shape index (κ3) is 2.11. The summed E-state index contributed by atoms with van der Waals surface area (Å²) in [4.78, 5) is 2.51. The monoisotopic (exact) mass is 331 g/mol. The number of fused-ring (bicyclic) bond motifs is 1. The Morgan fingerprint density at radius 1 is 1.21 bits per heavy atom. The number of methoxy groups -OCH3 is 2. The summed E-state index contributed by atoms with van der Waals surface area (Å²) >= 11 is 0. The molecule has 0 amide bonds. The third-order valence-electron chi connectivity index (χ3n) is 6.00. The molecule has 4 rings (SSSR count). The van der Waals surface area contributed by atoms with Gasteiger partial charge in [-0.25, -0.2) is 0 Å². The molecule has 24 heavy (non-hydrogen) atoms. The van der Waals surface area contributed by atoms with E-state index in [1.807, 2.05) is 18.2 Å². The number of nitrogens with zero attached hydrogens (tertiary/aromatic N) is 1. The van der Waals surface area contributed by atoms with Crippen molar-refractivity contribution in [1.82, 2.24) is 4.90 Å². The zero-order valence-electron chi connectivity index (χ0n) is 14.3. The summed E-state index contributed by atoms with van der Waals surface area (Å²) in [7, 11) is 3.24. The Morgan fingerprint density at radius 3 is 2.79 bits per heavy atom. The number of aliphatic hydroxyl groups excluding tert-OH is 1. The lowest BCUT2D eigenvalue weighted by Gasteiger charge is -2.45. The van der Waals surface area contributed by atoms with E-state index in [4.69, 9.17) is 9.47 Å². The van der Waals surface area contributed by atoms with E-state index in [2.05, 4.69) is 4.90 Å². The highest BCUT2D eigenvalue weighted by Gasteiger charge is 2.52. The van der Waals surface area contributed by atoms with Crippen LogP contribution in [-0.2, 0) is 16.7 Å². The summed E-state index contributed by atoms with van der Waals surface area (Å²) in [5.74, 6) is 0.708. The molecule has 0 unspecified atom stereocenters. The first-order valence-corrected chi connectivity index (χ1v) is 8.67. The standard InChI is InChI=1S/C19H25NO4/c1-23-17-8-12-4-3-6-20-7-5-13-9-15(21)18(24-2)11-19(13,20)14(12)10-16(17)22/h8-10,15,18,21-22H,3-7,11H2,1-2H3/t15-,18-,19+/m1/s1. The van der Waals surface area contributed by atoms with Gasteiger partial charge in [-0.2, -0.15) is 0 Å². The van der Waals surface area contributed by atoms with E-state index >= 15 is 0 Å². The number of phenols is 1. The van der Waals surface area contributed by atoms with Gasteiger partial charge in [-0.1, -0.05) is 6.08 Å². The van der Waals surface area contributed by atoms with Gasteiger partial charge in [0, 0.05) is 20.1 Å². The molecule has 1 spiro atoms. The second-order valence-electron chi connectivity index (χ2n) is 7.04. The molecule has 2 N–H and O–H groups in total. The summed E-state index contributed by atoms with van der Waals surface area (Å²) in [6, 6.07) is 3.85. The van der Waals surface area contributed by atoms with E-state index in [1.54, 1.807) is 14.2 Å². The highest BCUT2D eigenvalue weighted by molar-refractivity contribution is 5.54. The Morgan fingerprint density at radius 2 is 2.04 bits per heavy atom. The van der Waals surface area contributed by atoms with Gasteiger partial charge in [-0.05, 0) is 54.6 Å². The molecule has 5 nitrogen and oxygen atoms in total. The Bertz CT molecular complexity index is 686. The number of hydrogen-bond acceptors (Lipinski definition) is 5. The average molecular weight is 331 g/mol. The predicted octanol–water partition coefficient (Wildman–Crippen LogP) is 1.95. The molecule has 1 saturated heterocycles. The van der Waals surface area contributed by atoms with Crippen molar-refractivity contribution in [3.8, 4) is 11.5 Å². The number of phenolic OH excluding ortho intramolecular Hbond substituents is 1. The van der Waals surface area contributed by atoms with Crippen molar-refractivity contribution in [3.63, 3.8) is 0 Å². The maximum Gasteiger partial charge on any atom is 0.160 e. The highest BCUT2D eigenvalue weighted by Crippen LogP contribution is 2.53. The second-order valence-corrected chi connectivity index (χ2v) is 7.04. The lowest BCUT2D eigenvalue weighted by molar-refractivity contribution is -0.0318. The highest BCUT2D eigenvalue weighted by atomic mass is 16.5. The smallest absolute Gasteiger partial charge is 0.160 e. The van der Waals surface area contributed by atoms with E-state index in [0.29, 0.717) is 5.75 Å². The molecule has 2 aliphatic heterocycles. The van der Waals surface area contributed by atoms with Crippen LogP contribution in [-0.4, -0.2) is 54.6 Å². The topological polar surface area (TPSA) is 62.2 Å². The van der Waals surface area contributed by atoms with Crippen molar-refractivity contribution in [1.29, 1.82) is 0 Å². The molecule has 0 bridgehead atoms. The molecule has 0 aromatic heterocycles. The van der Waals surface area contributed by atoms with Crippen LogP contribution in [0.3, 0.4) is 0 Å². The van der Waals surface area contributed by atoms with E-state index < -0.39 is 6.10 Å². The minimum Gasteiger partial charge on any atom is -0.504 e. The van der Waals surface area contributed by atoms with Crippen molar-refractivity contribution in [2.75, 3.05) is 27.3 Å². The first-order chi connectivity index (χ1) is 11.6. The number of rotatable bonds is 2. The summed E-state index contributed by atoms with van der Waals surface area (Å²) < 4.78 is 10.9. The van der Waals surface area contributed by atoms with Crippen molar-refractivity contribution in [2.45, 2.75) is 43.4 Å². The van der Waals surface area contributed by atoms with Gasteiger partial charge in [0.1, 0.15) is 0 Å². The van der Waals surface area contributed by atoms with Crippen molar-refractivity contribution >= 4 is 0 Å². The van der Waals surface area contributed by atoms with Crippen LogP contribution in [0.2, 0.25) is 0 Å². The van der Waals surface area contributed by atoms with Gasteiger partial charge in [-0.3, -0.25) is 4.90 Å². The van der Waals surface area contributed by atoms with Gasteiger partial charge >= 0.3 is 0 Å². The van der Waals surface area contributed by atoms with Crippen LogP contribution in [0.4, 0.5) is 0 Å². The van der Waals surface area contributed by atoms with Crippen LogP contribution in [0.5, 0.6) is 11.5 Å². The van der Waals surface area contributed by atoms with Gasteiger partial charge in [0.05, 0.1) is 24.9 Å². The molecule has 3 aliphatic rings. The zero-order valence-corrected chi connectivity index (χ0v) is 14.3. The van der Waals surface area contributed by atoms with Crippen molar-refractivity contribution < 1.29 is 19.7 Å². The fourth-order valence-corrected chi connectivity index (χ4v) is 4.87. The van der Waals surface area contributed by atoms with E-state index in [-0.39, 0.29) is 17.4 Å². The maximum atomic E-state index is 10.4. The summed E-state index contributed by atoms with van der Waals surface area (Å²) in [5, 5.41) is 20.8. The predicted molar refractivity (Wildman–Crippen MR) is 90.4 cm³/mol. The van der Waals surface area contributed by atoms with Gasteiger partial charge < -0.3 is 19.7 Å². The Kier molecular flexibility index (Phi) is 3.82. The lowest BCUT2D eigenvalue weighted by atomic mass is 9.72. The van der Waals surface area contributed by atoms with Crippen LogP contribution >= 0.6 is 0 Å². The van der Waals surface area contributed by atoms with Crippen LogP contribution in [0.15, 0.2) is 23.8 Å². The van der Waals surface area contributed by atoms with Crippen LogP contribution in [0.1, 0.15) is 30.4 Å². The molecule has 1 aliphatic carbocycles. The quantitative estimate of drug-likeness (QED) is 0.811. The van der Waals surface area contributed by atoms with Crippen LogP contribution in [0, 0.1) is 0 Å². The Hall–Kier alpha value is -1.56. The van der Waals surface area contributed by atoms with Gasteiger partial charge in [0.15, 0.2) is 11.5 Å². The maximum absolute atomic E-state index is 10.4. The molecule has 5 heteroatoms. The minimum absolute atomic E-state index is 0.179. The molecule has 1 fully saturated rings. The fourth-order valence-electron chi connectivity index (χ4n) is 4.87. The lowest BCUT2D eigenvalue weighted by Crippen LogP contribution is -2.49. The molecule has 3 atom stereocenters. The molecule has 130 valence electrons. The molecule has 0 radical (unpaired) electrons. The Balaban J connectivity index is 1.93. The number of hydrogen-bond donors (Lipinski definition) is 2. The third-order valence-corrected chi connectivity index (χ3v) is 6.00. The number of aryl methyl sites for hydroxylation is 1. The molecule has 2 heterocycles. The summed E-state index contributed by atoms with van der Waals surface area (Å²) in [6.45, 7) is 2.00. The van der Waals surface area contributed by atoms with Crippen molar-refractivity contribution in [3.05, 3.63) is 34.9 Å².